The highest BCUT2D eigenvalue weighted by atomic mass is 32.2. The van der Waals surface area contributed by atoms with Crippen molar-refractivity contribution in [3.8, 4) is 11.1 Å². The van der Waals surface area contributed by atoms with Gasteiger partial charge in [0.05, 0.1) is 11.4 Å². The van der Waals surface area contributed by atoms with Crippen LogP contribution < -0.4 is 10.6 Å². The number of hydrogen-bond acceptors (Lipinski definition) is 12. The number of rotatable bonds is 13. The van der Waals surface area contributed by atoms with Crippen LogP contribution in [0.1, 0.15) is 25.0 Å². The first-order chi connectivity index (χ1) is 24.4. The summed E-state index contributed by atoms with van der Waals surface area (Å²) in [6.45, 7) is 5.69. The number of nitrogens with one attached hydrogen (secondary N) is 2. The van der Waals surface area contributed by atoms with Gasteiger partial charge in [0.1, 0.15) is 9.79 Å². The third kappa shape index (κ3) is 9.69. The number of nitrogens with zero attached hydrogens (tertiary/aromatic N) is 4. The minimum Gasteiger partial charge on any atom is -0.324 e. The van der Waals surface area contributed by atoms with E-state index < -0.39 is 76.6 Å². The minimum absolute atomic E-state index is 0.246. The van der Waals surface area contributed by atoms with Crippen LogP contribution in [0, 0.1) is 13.8 Å². The standard InChI is InChI=1S/C34H32N6O10S2/c1-19-9-5-7-11-27(19)35-33(43)31(21(3)41)39-37-23-13-15-25(29(17-23)51(45,46)47)26-16-14-24(18-30(26)52(48,49)50)38-40-32(22(4)42)34(44)36-28-12-8-6-10-20(28)2/h5-18,31-32H,1-4H3,(H,35,43)(H,36,44)(H,45,46,47)(H,48,49,50). The Morgan fingerprint density at radius 3 is 1.23 bits per heavy atom. The van der Waals surface area contributed by atoms with Crippen molar-refractivity contribution < 1.29 is 45.1 Å². The Bertz CT molecular complexity index is 2190. The summed E-state index contributed by atoms with van der Waals surface area (Å²) in [5.41, 5.74) is 0.978. The molecule has 0 saturated carbocycles. The molecule has 18 heteroatoms. The van der Waals surface area contributed by atoms with Gasteiger partial charge in [-0.2, -0.15) is 37.3 Å². The summed E-state index contributed by atoms with van der Waals surface area (Å²) in [5.74, 6) is -2.99. The van der Waals surface area contributed by atoms with Crippen LogP contribution in [0.4, 0.5) is 22.7 Å². The maximum Gasteiger partial charge on any atom is 0.295 e. The number of carbonyl (C=O) groups excluding carboxylic acids is 4. The second-order valence-corrected chi connectivity index (χ2v) is 14.2. The second kappa shape index (κ2) is 16.0. The molecule has 4 N–H and O–H groups in total. The Labute approximate surface area is 298 Å². The Morgan fingerprint density at radius 1 is 0.577 bits per heavy atom. The van der Waals surface area contributed by atoms with Crippen molar-refractivity contribution in [2.45, 2.75) is 49.6 Å². The average molecular weight is 749 g/mol. The van der Waals surface area contributed by atoms with Crippen molar-refractivity contribution in [3.05, 3.63) is 96.1 Å². The molecule has 52 heavy (non-hydrogen) atoms. The van der Waals surface area contributed by atoms with Gasteiger partial charge in [-0.05, 0) is 75.2 Å². The summed E-state index contributed by atoms with van der Waals surface area (Å²) in [5, 5.41) is 20.3. The number of amides is 2. The largest absolute Gasteiger partial charge is 0.324 e. The van der Waals surface area contributed by atoms with Crippen molar-refractivity contribution in [2.75, 3.05) is 10.6 Å². The van der Waals surface area contributed by atoms with E-state index in [0.29, 0.717) is 22.5 Å². The number of ketones is 2. The molecule has 0 aliphatic heterocycles. The number of hydrogen-bond donors (Lipinski definition) is 4. The number of aryl methyl sites for hydroxylation is 2. The average Bonchev–Trinajstić information content (AvgIpc) is 3.06. The van der Waals surface area contributed by atoms with E-state index in [0.717, 1.165) is 50.2 Å². The van der Waals surface area contributed by atoms with Crippen LogP contribution in [0.25, 0.3) is 11.1 Å². The molecular weight excluding hydrogens is 717 g/mol. The molecule has 0 bridgehead atoms. The number of para-hydroxylation sites is 2. The van der Waals surface area contributed by atoms with Crippen molar-refractivity contribution in [1.29, 1.82) is 0 Å². The van der Waals surface area contributed by atoms with E-state index in [1.807, 2.05) is 0 Å². The lowest BCUT2D eigenvalue weighted by molar-refractivity contribution is -0.127. The number of benzene rings is 4. The molecule has 4 aromatic rings. The molecule has 0 spiro atoms. The second-order valence-electron chi connectivity index (χ2n) is 11.4. The van der Waals surface area contributed by atoms with Crippen LogP contribution in [-0.4, -0.2) is 61.4 Å². The maximum atomic E-state index is 12.8. The van der Waals surface area contributed by atoms with Gasteiger partial charge in [0.25, 0.3) is 32.1 Å². The van der Waals surface area contributed by atoms with Crippen LogP contribution >= 0.6 is 0 Å². The van der Waals surface area contributed by atoms with E-state index in [1.54, 1.807) is 62.4 Å². The lowest BCUT2D eigenvalue weighted by Crippen LogP contribution is -2.32. The third-order valence-corrected chi connectivity index (χ3v) is 9.21. The fourth-order valence-corrected chi connectivity index (χ4v) is 6.18. The highest BCUT2D eigenvalue weighted by molar-refractivity contribution is 7.86. The summed E-state index contributed by atoms with van der Waals surface area (Å²) >= 11 is 0. The highest BCUT2D eigenvalue weighted by Gasteiger charge is 2.27. The summed E-state index contributed by atoms with van der Waals surface area (Å²) in [6, 6.07) is 16.4. The van der Waals surface area contributed by atoms with Gasteiger partial charge in [-0.3, -0.25) is 28.3 Å². The summed E-state index contributed by atoms with van der Waals surface area (Å²) in [6.07, 6.45) is 0. The zero-order valence-corrected chi connectivity index (χ0v) is 29.6. The molecule has 16 nitrogen and oxygen atoms in total. The zero-order chi connectivity index (χ0) is 38.4. The van der Waals surface area contributed by atoms with Crippen molar-refractivity contribution in [2.24, 2.45) is 20.5 Å². The molecule has 0 aromatic heterocycles. The fourth-order valence-electron chi connectivity index (χ4n) is 4.73. The topological polar surface area (TPSA) is 251 Å². The summed E-state index contributed by atoms with van der Waals surface area (Å²) in [7, 11) is -10.2. The van der Waals surface area contributed by atoms with Gasteiger partial charge in [-0.25, -0.2) is 0 Å². The highest BCUT2D eigenvalue weighted by Crippen LogP contribution is 2.37. The zero-order valence-electron chi connectivity index (χ0n) is 28.0. The lowest BCUT2D eigenvalue weighted by atomic mass is 10.0. The van der Waals surface area contributed by atoms with Gasteiger partial charge < -0.3 is 10.6 Å². The number of carbonyl (C=O) groups is 4. The summed E-state index contributed by atoms with van der Waals surface area (Å²) < 4.78 is 70.2. The SMILES string of the molecule is CC(=O)C(N=Nc1ccc(-c2ccc(N=NC(C(C)=O)C(=O)Nc3ccccc3C)cc2S(=O)(=O)O)c(S(=O)(=O)O)c1)C(=O)Nc1ccccc1C. The fraction of sp³-hybridized carbons (Fsp3) is 0.176. The smallest absolute Gasteiger partial charge is 0.295 e. The van der Waals surface area contributed by atoms with Gasteiger partial charge in [0.15, 0.2) is 11.6 Å². The predicted octanol–water partition coefficient (Wildman–Crippen LogP) is 5.82. The van der Waals surface area contributed by atoms with Crippen molar-refractivity contribution in [1.82, 2.24) is 0 Å². The van der Waals surface area contributed by atoms with Gasteiger partial charge in [-0.15, -0.1) is 0 Å². The van der Waals surface area contributed by atoms with E-state index in [1.165, 1.54) is 0 Å². The Morgan fingerprint density at radius 2 is 0.923 bits per heavy atom. The molecule has 4 aromatic carbocycles. The number of Topliss-reactive ketones (excluding diaryl/α,β-unsaturated/α-hetero) is 2. The molecule has 0 fully saturated rings. The first kappa shape index (κ1) is 39.0. The van der Waals surface area contributed by atoms with Crippen LogP contribution in [-0.2, 0) is 39.4 Å². The molecule has 0 saturated heterocycles. The first-order valence-electron chi connectivity index (χ1n) is 15.2. The van der Waals surface area contributed by atoms with Crippen LogP contribution in [0.15, 0.2) is 115 Å². The van der Waals surface area contributed by atoms with Crippen molar-refractivity contribution in [3.63, 3.8) is 0 Å². The summed E-state index contributed by atoms with van der Waals surface area (Å²) in [4.78, 5) is 48.5. The molecule has 0 aliphatic rings. The molecule has 0 aliphatic carbocycles. The molecule has 2 atom stereocenters. The molecule has 0 radical (unpaired) electrons. The van der Waals surface area contributed by atoms with Gasteiger partial charge in [0.2, 0.25) is 12.1 Å². The number of azo groups is 2. The Hall–Kier alpha value is -5.82. The van der Waals surface area contributed by atoms with Crippen LogP contribution in [0.5, 0.6) is 0 Å². The van der Waals surface area contributed by atoms with Crippen molar-refractivity contribution >= 4 is 66.4 Å². The van der Waals surface area contributed by atoms with Gasteiger partial charge >= 0.3 is 0 Å². The minimum atomic E-state index is -5.11. The molecule has 4 rings (SSSR count). The first-order valence-corrected chi connectivity index (χ1v) is 18.0. The quantitative estimate of drug-likeness (QED) is 0.0724. The molecular formula is C34H32N6O10S2. The van der Waals surface area contributed by atoms with Crippen LogP contribution in [0.3, 0.4) is 0 Å². The van der Waals surface area contributed by atoms with Gasteiger partial charge in [0, 0.05) is 22.5 Å². The molecule has 2 unspecified atom stereocenters. The number of anilines is 2. The van der Waals surface area contributed by atoms with Gasteiger partial charge in [-0.1, -0.05) is 48.5 Å². The van der Waals surface area contributed by atoms with Crippen LogP contribution in [0.2, 0.25) is 0 Å². The van der Waals surface area contributed by atoms with E-state index >= 15 is 0 Å². The lowest BCUT2D eigenvalue weighted by Gasteiger charge is -2.13. The molecule has 0 heterocycles. The van der Waals surface area contributed by atoms with E-state index in [4.69, 9.17) is 0 Å². The Balaban J connectivity index is 1.69. The molecule has 2 amide bonds. The predicted molar refractivity (Wildman–Crippen MR) is 189 cm³/mol. The third-order valence-electron chi connectivity index (χ3n) is 7.43. The van der Waals surface area contributed by atoms with E-state index in [9.17, 15) is 45.1 Å². The van der Waals surface area contributed by atoms with E-state index in [-0.39, 0.29) is 11.4 Å². The maximum absolute atomic E-state index is 12.8. The molecule has 270 valence electrons. The normalized spacial score (nSPS) is 13.1. The Kier molecular flexibility index (Phi) is 12.0. The monoisotopic (exact) mass is 748 g/mol. The van der Waals surface area contributed by atoms with E-state index in [2.05, 4.69) is 31.1 Å².